The number of aromatic nitrogens is 2. The molecule has 36 heavy (non-hydrogen) atoms. The van der Waals surface area contributed by atoms with Gasteiger partial charge in [0.2, 0.25) is 5.95 Å². The molecule has 1 fully saturated rings. The monoisotopic (exact) mass is 477 g/mol. The van der Waals surface area contributed by atoms with Gasteiger partial charge in [-0.25, -0.2) is 9.97 Å². The molecule has 1 N–H and O–H groups in total. The summed E-state index contributed by atoms with van der Waals surface area (Å²) < 4.78 is 0. The summed E-state index contributed by atoms with van der Waals surface area (Å²) in [5.74, 6) is 0.592. The van der Waals surface area contributed by atoms with E-state index in [-0.39, 0.29) is 11.9 Å². The molecular weight excluding hydrogens is 446 g/mol. The van der Waals surface area contributed by atoms with Crippen molar-refractivity contribution >= 4 is 17.5 Å². The Balaban J connectivity index is 1.28. The van der Waals surface area contributed by atoms with Crippen molar-refractivity contribution in [3.63, 3.8) is 0 Å². The third-order valence-corrected chi connectivity index (χ3v) is 6.55. The van der Waals surface area contributed by atoms with E-state index in [0.717, 1.165) is 30.2 Å². The van der Waals surface area contributed by atoms with Gasteiger partial charge in [-0.2, -0.15) is 0 Å². The van der Waals surface area contributed by atoms with E-state index in [1.807, 2.05) is 49.1 Å². The Labute approximate surface area is 212 Å². The average molecular weight is 478 g/mol. The molecule has 0 radical (unpaired) electrons. The lowest BCUT2D eigenvalue weighted by Gasteiger charge is -2.39. The van der Waals surface area contributed by atoms with Crippen LogP contribution in [0.1, 0.15) is 38.9 Å². The van der Waals surface area contributed by atoms with Crippen molar-refractivity contribution in [2.45, 2.75) is 19.9 Å². The van der Waals surface area contributed by atoms with Gasteiger partial charge < -0.3 is 10.2 Å². The lowest BCUT2D eigenvalue weighted by molar-refractivity contribution is 0.0597. The van der Waals surface area contributed by atoms with Crippen LogP contribution >= 0.6 is 0 Å². The molecule has 1 saturated heterocycles. The zero-order chi connectivity index (χ0) is 24.9. The molecule has 1 amide bonds. The highest BCUT2D eigenvalue weighted by atomic mass is 16.2. The molecule has 1 aromatic heterocycles. The van der Waals surface area contributed by atoms with Crippen LogP contribution in [0.5, 0.6) is 0 Å². The minimum atomic E-state index is 0.0515. The molecule has 2 heterocycles. The van der Waals surface area contributed by atoms with Crippen LogP contribution in [-0.4, -0.2) is 51.9 Å². The van der Waals surface area contributed by atoms with Crippen LogP contribution in [0.3, 0.4) is 0 Å². The molecule has 0 bridgehead atoms. The van der Waals surface area contributed by atoms with Crippen LogP contribution in [0.15, 0.2) is 91.0 Å². The maximum absolute atomic E-state index is 13.4. The summed E-state index contributed by atoms with van der Waals surface area (Å²) in [4.78, 5) is 26.7. The van der Waals surface area contributed by atoms with Crippen molar-refractivity contribution in [2.24, 2.45) is 0 Å². The number of amides is 1. The number of piperazine rings is 1. The largest absolute Gasteiger partial charge is 0.336 e. The van der Waals surface area contributed by atoms with Crippen molar-refractivity contribution in [3.8, 4) is 0 Å². The van der Waals surface area contributed by atoms with Gasteiger partial charge in [-0.15, -0.1) is 0 Å². The third kappa shape index (κ3) is 5.44. The number of benzene rings is 3. The van der Waals surface area contributed by atoms with Gasteiger partial charge in [-0.3, -0.25) is 9.69 Å². The van der Waals surface area contributed by atoms with Crippen molar-refractivity contribution in [1.82, 2.24) is 19.8 Å². The molecule has 4 aromatic rings. The normalized spacial score (nSPS) is 14.1. The van der Waals surface area contributed by atoms with Crippen molar-refractivity contribution in [1.29, 1.82) is 0 Å². The summed E-state index contributed by atoms with van der Waals surface area (Å²) in [5, 5.41) is 3.24. The zero-order valence-corrected chi connectivity index (χ0v) is 20.8. The van der Waals surface area contributed by atoms with Crippen molar-refractivity contribution in [2.75, 3.05) is 31.5 Å². The molecule has 0 spiro atoms. The van der Waals surface area contributed by atoms with E-state index in [2.05, 4.69) is 80.8 Å². The van der Waals surface area contributed by atoms with Crippen LogP contribution in [-0.2, 0) is 0 Å². The molecular formula is C30H31N5O. The summed E-state index contributed by atoms with van der Waals surface area (Å²) in [6.07, 6.45) is 0. The Kier molecular flexibility index (Phi) is 7.05. The zero-order valence-electron chi connectivity index (χ0n) is 20.8. The molecule has 5 rings (SSSR count). The van der Waals surface area contributed by atoms with Crippen LogP contribution in [0.2, 0.25) is 0 Å². The maximum atomic E-state index is 13.4. The fourth-order valence-electron chi connectivity index (χ4n) is 4.89. The smallest absolute Gasteiger partial charge is 0.254 e. The summed E-state index contributed by atoms with van der Waals surface area (Å²) in [6, 6.07) is 30.9. The van der Waals surface area contributed by atoms with Gasteiger partial charge >= 0.3 is 0 Å². The molecule has 3 aromatic carbocycles. The number of aryl methyl sites for hydroxylation is 2. The van der Waals surface area contributed by atoms with E-state index in [1.165, 1.54) is 11.1 Å². The SMILES string of the molecule is Cc1cc(C)nc(Nc2cccc(C(=O)N3CCN(C(c4ccccc4)c4ccccc4)CC3)c2)n1. The van der Waals surface area contributed by atoms with E-state index in [9.17, 15) is 4.79 Å². The molecule has 182 valence electrons. The molecule has 1 aliphatic rings. The van der Waals surface area contributed by atoms with Gasteiger partial charge in [0.1, 0.15) is 0 Å². The topological polar surface area (TPSA) is 61.4 Å². The molecule has 1 aliphatic heterocycles. The molecule has 0 saturated carbocycles. The maximum Gasteiger partial charge on any atom is 0.254 e. The minimum Gasteiger partial charge on any atom is -0.336 e. The number of hydrogen-bond donors (Lipinski definition) is 1. The summed E-state index contributed by atoms with van der Waals surface area (Å²) >= 11 is 0. The Morgan fingerprint density at radius 3 is 1.92 bits per heavy atom. The number of anilines is 2. The van der Waals surface area contributed by atoms with Gasteiger partial charge in [0.05, 0.1) is 6.04 Å². The number of carbonyl (C=O) groups excluding carboxylic acids is 1. The van der Waals surface area contributed by atoms with E-state index < -0.39 is 0 Å². The Hall–Kier alpha value is -4.03. The molecule has 0 atom stereocenters. The second kappa shape index (κ2) is 10.7. The third-order valence-electron chi connectivity index (χ3n) is 6.55. The number of carbonyl (C=O) groups is 1. The quantitative estimate of drug-likeness (QED) is 0.404. The summed E-state index contributed by atoms with van der Waals surface area (Å²) in [7, 11) is 0. The van der Waals surface area contributed by atoms with Crippen LogP contribution in [0.4, 0.5) is 11.6 Å². The second-order valence-electron chi connectivity index (χ2n) is 9.23. The fraction of sp³-hybridized carbons (Fsp3) is 0.233. The lowest BCUT2D eigenvalue weighted by Crippen LogP contribution is -2.49. The first kappa shape index (κ1) is 23.7. The first-order valence-corrected chi connectivity index (χ1v) is 12.4. The van der Waals surface area contributed by atoms with Crippen molar-refractivity contribution in [3.05, 3.63) is 119 Å². The van der Waals surface area contributed by atoms with Crippen LogP contribution < -0.4 is 5.32 Å². The first-order chi connectivity index (χ1) is 17.6. The highest BCUT2D eigenvalue weighted by Crippen LogP contribution is 2.29. The van der Waals surface area contributed by atoms with Crippen molar-refractivity contribution < 1.29 is 4.79 Å². The average Bonchev–Trinajstić information content (AvgIpc) is 2.90. The predicted molar refractivity (Wildman–Crippen MR) is 143 cm³/mol. The van der Waals surface area contributed by atoms with Gasteiger partial charge in [0.25, 0.3) is 5.91 Å². The lowest BCUT2D eigenvalue weighted by atomic mass is 9.96. The number of rotatable bonds is 6. The molecule has 6 heteroatoms. The predicted octanol–water partition coefficient (Wildman–Crippen LogP) is 5.38. The van der Waals surface area contributed by atoms with Gasteiger partial charge in [0.15, 0.2) is 0 Å². The molecule has 0 unspecified atom stereocenters. The van der Waals surface area contributed by atoms with E-state index in [1.54, 1.807) is 0 Å². The number of nitrogens with one attached hydrogen (secondary N) is 1. The highest BCUT2D eigenvalue weighted by molar-refractivity contribution is 5.95. The second-order valence-corrected chi connectivity index (χ2v) is 9.23. The molecule has 6 nitrogen and oxygen atoms in total. The van der Waals surface area contributed by atoms with E-state index in [0.29, 0.717) is 24.6 Å². The highest BCUT2D eigenvalue weighted by Gasteiger charge is 2.28. The standard InChI is InChI=1S/C30H31N5O/c1-22-20-23(2)32-30(31-22)33-27-15-9-14-26(21-27)29(36)35-18-16-34(17-19-35)28(24-10-5-3-6-11-24)25-12-7-4-8-13-25/h3-15,20-21,28H,16-19H2,1-2H3,(H,31,32,33). The summed E-state index contributed by atoms with van der Waals surface area (Å²) in [6.45, 7) is 6.89. The number of hydrogen-bond acceptors (Lipinski definition) is 5. The van der Waals surface area contributed by atoms with Gasteiger partial charge in [-0.1, -0.05) is 66.7 Å². The summed E-state index contributed by atoms with van der Waals surface area (Å²) in [5.41, 5.74) is 5.82. The van der Waals surface area contributed by atoms with Gasteiger partial charge in [0, 0.05) is 48.8 Å². The van der Waals surface area contributed by atoms with Gasteiger partial charge in [-0.05, 0) is 49.2 Å². The minimum absolute atomic E-state index is 0.0515. The Bertz CT molecular complexity index is 1260. The Morgan fingerprint density at radius 1 is 0.750 bits per heavy atom. The number of nitrogens with zero attached hydrogens (tertiary/aromatic N) is 4. The van der Waals surface area contributed by atoms with E-state index >= 15 is 0 Å². The fourth-order valence-corrected chi connectivity index (χ4v) is 4.89. The van der Waals surface area contributed by atoms with E-state index in [4.69, 9.17) is 0 Å². The Morgan fingerprint density at radius 2 is 1.33 bits per heavy atom. The first-order valence-electron chi connectivity index (χ1n) is 12.4. The van der Waals surface area contributed by atoms with Crippen LogP contribution in [0, 0.1) is 13.8 Å². The molecule has 0 aliphatic carbocycles. The van der Waals surface area contributed by atoms with Crippen LogP contribution in [0.25, 0.3) is 0 Å².